The molecule has 4 heterocycles. The minimum atomic E-state index is 0.594. The van der Waals surface area contributed by atoms with Gasteiger partial charge in [-0.15, -0.1) is 0 Å². The van der Waals surface area contributed by atoms with E-state index in [2.05, 4.69) is 39.2 Å². The number of aryl methyl sites for hydroxylation is 1. The molecule has 0 fully saturated rings. The maximum Gasteiger partial charge on any atom is 0.215 e. The molecule has 0 saturated heterocycles. The van der Waals surface area contributed by atoms with Gasteiger partial charge in [-0.25, -0.2) is 15.0 Å². The van der Waals surface area contributed by atoms with E-state index in [1.54, 1.807) is 17.1 Å². The molecule has 28 heavy (non-hydrogen) atoms. The van der Waals surface area contributed by atoms with Crippen molar-refractivity contribution in [1.82, 2.24) is 29.1 Å². The van der Waals surface area contributed by atoms with Crippen molar-refractivity contribution >= 4 is 17.2 Å². The van der Waals surface area contributed by atoms with Gasteiger partial charge in [0.15, 0.2) is 11.5 Å². The molecule has 144 valence electrons. The van der Waals surface area contributed by atoms with Crippen molar-refractivity contribution < 1.29 is 4.74 Å². The molecule has 1 N–H and O–H groups in total. The van der Waals surface area contributed by atoms with Gasteiger partial charge in [-0.1, -0.05) is 13.8 Å². The molecule has 0 aliphatic rings. The summed E-state index contributed by atoms with van der Waals surface area (Å²) in [6, 6.07) is 3.75. The number of rotatable bonds is 7. The molecule has 0 amide bonds. The van der Waals surface area contributed by atoms with Gasteiger partial charge < -0.3 is 10.1 Å². The summed E-state index contributed by atoms with van der Waals surface area (Å²) in [5.41, 5.74) is 3.54. The van der Waals surface area contributed by atoms with E-state index in [1.165, 1.54) is 0 Å². The van der Waals surface area contributed by atoms with E-state index in [1.807, 2.05) is 48.4 Å². The highest BCUT2D eigenvalue weighted by Gasteiger charge is 2.12. The lowest BCUT2D eigenvalue weighted by atomic mass is 10.1. The van der Waals surface area contributed by atoms with Crippen LogP contribution in [0.1, 0.15) is 20.3 Å². The van der Waals surface area contributed by atoms with E-state index in [-0.39, 0.29) is 0 Å². The van der Waals surface area contributed by atoms with Crippen LogP contribution in [-0.4, -0.2) is 35.7 Å². The standard InChI is InChI=1S/C20H23N7O/c1-14(2)5-9-28-18-10-16(4-6-21-18)25-19-20-23-12-17(27(20)8-7-22-19)15-11-24-26(3)13-15/h4,6-8,10-14H,5,9H2,1-3H3,(H,21,22,25). The van der Waals surface area contributed by atoms with E-state index < -0.39 is 0 Å². The van der Waals surface area contributed by atoms with Crippen LogP contribution in [0.5, 0.6) is 5.88 Å². The topological polar surface area (TPSA) is 82.2 Å². The van der Waals surface area contributed by atoms with Crippen molar-refractivity contribution in [2.45, 2.75) is 20.3 Å². The monoisotopic (exact) mass is 377 g/mol. The number of fused-ring (bicyclic) bond motifs is 1. The molecule has 0 aliphatic carbocycles. The Morgan fingerprint density at radius 1 is 1.14 bits per heavy atom. The van der Waals surface area contributed by atoms with Crippen LogP contribution >= 0.6 is 0 Å². The molecule has 4 aromatic rings. The molecule has 0 atom stereocenters. The van der Waals surface area contributed by atoms with Gasteiger partial charge in [0.2, 0.25) is 5.88 Å². The third kappa shape index (κ3) is 3.80. The van der Waals surface area contributed by atoms with E-state index in [0.717, 1.165) is 29.0 Å². The summed E-state index contributed by atoms with van der Waals surface area (Å²) in [6.45, 7) is 4.99. The molecule has 0 aliphatic heterocycles. The average molecular weight is 377 g/mol. The van der Waals surface area contributed by atoms with Crippen molar-refractivity contribution in [1.29, 1.82) is 0 Å². The van der Waals surface area contributed by atoms with E-state index in [0.29, 0.717) is 24.2 Å². The first-order chi connectivity index (χ1) is 13.6. The van der Waals surface area contributed by atoms with Crippen molar-refractivity contribution in [3.8, 4) is 17.1 Å². The van der Waals surface area contributed by atoms with Crippen LogP contribution in [0.4, 0.5) is 11.5 Å². The molecule has 0 spiro atoms. The summed E-state index contributed by atoms with van der Waals surface area (Å²) in [5, 5.41) is 7.56. The molecule has 0 saturated carbocycles. The highest BCUT2D eigenvalue weighted by atomic mass is 16.5. The largest absolute Gasteiger partial charge is 0.478 e. The van der Waals surface area contributed by atoms with Gasteiger partial charge >= 0.3 is 0 Å². The molecule has 8 nitrogen and oxygen atoms in total. The van der Waals surface area contributed by atoms with Gasteiger partial charge in [-0.3, -0.25) is 9.08 Å². The number of hydrogen-bond acceptors (Lipinski definition) is 6. The average Bonchev–Trinajstić information content (AvgIpc) is 3.28. The van der Waals surface area contributed by atoms with Crippen molar-refractivity contribution in [3.63, 3.8) is 0 Å². The minimum absolute atomic E-state index is 0.594. The molecule has 8 heteroatoms. The lowest BCUT2D eigenvalue weighted by molar-refractivity contribution is 0.279. The second kappa shape index (κ2) is 7.67. The van der Waals surface area contributed by atoms with Gasteiger partial charge in [-0.05, 0) is 18.4 Å². The van der Waals surface area contributed by atoms with Crippen LogP contribution in [0.15, 0.2) is 49.3 Å². The molecule has 0 unspecified atom stereocenters. The molecule has 0 radical (unpaired) electrons. The maximum atomic E-state index is 5.75. The molecular formula is C20H23N7O. The summed E-state index contributed by atoms with van der Waals surface area (Å²) < 4.78 is 9.51. The van der Waals surface area contributed by atoms with Crippen molar-refractivity contribution in [2.24, 2.45) is 13.0 Å². The zero-order chi connectivity index (χ0) is 19.5. The number of nitrogens with zero attached hydrogens (tertiary/aromatic N) is 6. The van der Waals surface area contributed by atoms with Crippen LogP contribution < -0.4 is 10.1 Å². The number of ether oxygens (including phenoxy) is 1. The quantitative estimate of drug-likeness (QED) is 0.529. The number of pyridine rings is 1. The Morgan fingerprint density at radius 3 is 2.82 bits per heavy atom. The van der Waals surface area contributed by atoms with Crippen LogP contribution in [0.25, 0.3) is 16.9 Å². The van der Waals surface area contributed by atoms with E-state index >= 15 is 0 Å². The Labute approximate surface area is 163 Å². The number of aromatic nitrogens is 6. The summed E-state index contributed by atoms with van der Waals surface area (Å²) in [5.74, 6) is 1.85. The van der Waals surface area contributed by atoms with Gasteiger partial charge in [0.1, 0.15) is 0 Å². The number of imidazole rings is 1. The van der Waals surface area contributed by atoms with Gasteiger partial charge in [0.05, 0.1) is 24.7 Å². The molecule has 4 aromatic heterocycles. The highest BCUT2D eigenvalue weighted by Crippen LogP contribution is 2.25. The zero-order valence-electron chi connectivity index (χ0n) is 16.2. The second-order valence-electron chi connectivity index (χ2n) is 7.05. The fourth-order valence-electron chi connectivity index (χ4n) is 2.88. The minimum Gasteiger partial charge on any atom is -0.478 e. The second-order valence-corrected chi connectivity index (χ2v) is 7.05. The van der Waals surface area contributed by atoms with E-state index in [9.17, 15) is 0 Å². The van der Waals surface area contributed by atoms with Crippen LogP contribution in [-0.2, 0) is 7.05 Å². The summed E-state index contributed by atoms with van der Waals surface area (Å²) >= 11 is 0. The van der Waals surface area contributed by atoms with Gasteiger partial charge in [0, 0.05) is 49.2 Å². The first kappa shape index (κ1) is 18.0. The molecule has 0 aromatic carbocycles. The summed E-state index contributed by atoms with van der Waals surface area (Å²) in [4.78, 5) is 13.3. The molecule has 4 rings (SSSR count). The fraction of sp³-hybridized carbons (Fsp3) is 0.300. The fourth-order valence-corrected chi connectivity index (χ4v) is 2.88. The van der Waals surface area contributed by atoms with Crippen molar-refractivity contribution in [2.75, 3.05) is 11.9 Å². The Hall–Kier alpha value is -3.42. The predicted octanol–water partition coefficient (Wildman–Crippen LogP) is 3.69. The van der Waals surface area contributed by atoms with Crippen LogP contribution in [0.3, 0.4) is 0 Å². The Balaban J connectivity index is 1.58. The predicted molar refractivity (Wildman–Crippen MR) is 108 cm³/mol. The number of anilines is 2. The lowest BCUT2D eigenvalue weighted by Gasteiger charge is -2.10. The summed E-state index contributed by atoms with van der Waals surface area (Å²) in [7, 11) is 1.89. The van der Waals surface area contributed by atoms with Crippen LogP contribution in [0, 0.1) is 5.92 Å². The third-order valence-corrected chi connectivity index (χ3v) is 4.37. The lowest BCUT2D eigenvalue weighted by Crippen LogP contribution is -2.03. The third-order valence-electron chi connectivity index (χ3n) is 4.37. The zero-order valence-corrected chi connectivity index (χ0v) is 16.2. The van der Waals surface area contributed by atoms with E-state index in [4.69, 9.17) is 4.74 Å². The number of hydrogen-bond donors (Lipinski definition) is 1. The smallest absolute Gasteiger partial charge is 0.215 e. The van der Waals surface area contributed by atoms with Crippen molar-refractivity contribution in [3.05, 3.63) is 49.3 Å². The number of nitrogens with one attached hydrogen (secondary N) is 1. The van der Waals surface area contributed by atoms with Crippen LogP contribution in [0.2, 0.25) is 0 Å². The van der Waals surface area contributed by atoms with Gasteiger partial charge in [0.25, 0.3) is 0 Å². The highest BCUT2D eigenvalue weighted by molar-refractivity contribution is 5.73. The van der Waals surface area contributed by atoms with Gasteiger partial charge in [-0.2, -0.15) is 5.10 Å². The SMILES string of the molecule is CC(C)CCOc1cc(Nc2nccn3c(-c4cnn(C)c4)cnc23)ccn1. The maximum absolute atomic E-state index is 5.75. The Bertz CT molecular complexity index is 1080. The molecular weight excluding hydrogens is 354 g/mol. The Kier molecular flexibility index (Phi) is 4.92. The first-order valence-corrected chi connectivity index (χ1v) is 9.27. The Morgan fingerprint density at radius 2 is 2.04 bits per heavy atom. The summed E-state index contributed by atoms with van der Waals surface area (Å²) in [6.07, 6.45) is 12.0. The first-order valence-electron chi connectivity index (χ1n) is 9.27. The molecule has 0 bridgehead atoms. The normalized spacial score (nSPS) is 11.3.